The molecule has 0 aromatic carbocycles. The fraction of sp³-hybridized carbons (Fsp3) is 0.778. The molecule has 3 rings (SSSR count). The molecule has 3 aliphatic rings. The van der Waals surface area contributed by atoms with E-state index in [1.165, 1.54) is 62.5 Å². The number of aliphatic hydroxyl groups is 1. The summed E-state index contributed by atoms with van der Waals surface area (Å²) in [5.41, 5.74) is 4.72. The van der Waals surface area contributed by atoms with Crippen molar-refractivity contribution >= 4 is 48.1 Å². The number of hydrogen-bond donors (Lipinski definition) is 1. The largest absolute Gasteiger partial charge is 2.00 e. The van der Waals surface area contributed by atoms with Crippen LogP contribution in [0, 0.1) is 29.1 Å². The second-order valence-corrected chi connectivity index (χ2v) is 12.1. The van der Waals surface area contributed by atoms with Crippen molar-refractivity contribution in [3.63, 3.8) is 0 Å². The van der Waals surface area contributed by atoms with Crippen molar-refractivity contribution in [2.75, 3.05) is 0 Å². The van der Waals surface area contributed by atoms with Crippen LogP contribution in [0.5, 0.6) is 0 Å². The van der Waals surface area contributed by atoms with Crippen molar-refractivity contribution in [3.05, 3.63) is 35.5 Å². The van der Waals surface area contributed by atoms with Crippen LogP contribution in [0.3, 0.4) is 0 Å². The minimum atomic E-state index is -5.17. The molecule has 1 unspecified atom stereocenters. The van der Waals surface area contributed by atoms with E-state index in [4.69, 9.17) is 17.5 Å². The van der Waals surface area contributed by atoms with Gasteiger partial charge in [0.25, 0.3) is 0 Å². The molecule has 5 atom stereocenters. The van der Waals surface area contributed by atoms with Gasteiger partial charge >= 0.3 is 37.7 Å². The van der Waals surface area contributed by atoms with Gasteiger partial charge < -0.3 is 14.2 Å². The Hall–Kier alpha value is 0.310. The van der Waals surface area contributed by atoms with Crippen LogP contribution >= 0.6 is 0 Å². The first-order chi connectivity index (χ1) is 15.3. The zero-order chi connectivity index (χ0) is 24.8. The summed E-state index contributed by atoms with van der Waals surface area (Å²) in [5, 5.41) is 10.0. The first-order valence-corrected chi connectivity index (χ1v) is 14.1. The summed E-state index contributed by atoms with van der Waals surface area (Å²) in [4.78, 5) is 0. The summed E-state index contributed by atoms with van der Waals surface area (Å²) in [6.07, 6.45) is 18.2. The van der Waals surface area contributed by atoms with Crippen molar-refractivity contribution in [1.29, 1.82) is 0 Å². The molecule has 34 heavy (non-hydrogen) atoms. The molecule has 190 valence electrons. The number of hydrogen-bond acceptors (Lipinski definition) is 5. The number of rotatable bonds is 6. The van der Waals surface area contributed by atoms with Crippen LogP contribution in [-0.4, -0.2) is 66.5 Å². The minimum Gasteiger partial charge on any atom is -0.759 e. The molecule has 3 fully saturated rings. The maximum Gasteiger partial charge on any atom is 2.00 e. The van der Waals surface area contributed by atoms with Crippen LogP contribution in [0.15, 0.2) is 35.5 Å². The van der Waals surface area contributed by atoms with Gasteiger partial charge in [0.05, 0.1) is 6.10 Å². The van der Waals surface area contributed by atoms with Gasteiger partial charge in [-0.25, -0.2) is 0 Å². The van der Waals surface area contributed by atoms with E-state index < -0.39 is 10.4 Å². The molecule has 0 radical (unpaired) electrons. The van der Waals surface area contributed by atoms with Gasteiger partial charge in [0.15, 0.2) is 0 Å². The third-order valence-corrected chi connectivity index (χ3v) is 8.35. The second kappa shape index (κ2) is 14.3. The van der Waals surface area contributed by atoms with E-state index in [1.54, 1.807) is 5.57 Å². The summed E-state index contributed by atoms with van der Waals surface area (Å²) < 4.78 is 34.1. The minimum absolute atomic E-state index is 0. The summed E-state index contributed by atoms with van der Waals surface area (Å²) >= 11 is 0. The summed E-state index contributed by atoms with van der Waals surface area (Å²) in [7, 11) is -5.17. The predicted octanol–water partition coefficient (Wildman–Crippen LogP) is 5.90. The van der Waals surface area contributed by atoms with E-state index in [0.717, 1.165) is 42.9 Å². The monoisotopic (exact) mass is 520 g/mol. The van der Waals surface area contributed by atoms with E-state index in [1.807, 2.05) is 0 Å². The molecule has 7 heteroatoms. The van der Waals surface area contributed by atoms with E-state index >= 15 is 0 Å². The van der Waals surface area contributed by atoms with Crippen molar-refractivity contribution in [2.45, 2.75) is 104 Å². The zero-order valence-corrected chi connectivity index (χ0v) is 24.7. The smallest absolute Gasteiger partial charge is 0.759 e. The Bertz CT molecular complexity index is 824. The molecule has 0 heterocycles. The number of fused-ring (bicyclic) bond motifs is 1. The van der Waals surface area contributed by atoms with E-state index in [0.29, 0.717) is 5.41 Å². The van der Waals surface area contributed by atoms with Gasteiger partial charge in [-0.15, -0.1) is 0 Å². The fourth-order valence-corrected chi connectivity index (χ4v) is 6.66. The summed E-state index contributed by atoms with van der Waals surface area (Å²) in [5.74, 6) is 3.37. The molecule has 1 N–H and O–H groups in total. The Morgan fingerprint density at radius 3 is 2.38 bits per heavy atom. The predicted molar refractivity (Wildman–Crippen MR) is 137 cm³/mol. The van der Waals surface area contributed by atoms with Crippen molar-refractivity contribution in [2.24, 2.45) is 29.1 Å². The van der Waals surface area contributed by atoms with Gasteiger partial charge in [0, 0.05) is 10.4 Å². The van der Waals surface area contributed by atoms with Crippen LogP contribution in [0.4, 0.5) is 0 Å². The Balaban J connectivity index is 0.000000873. The van der Waals surface area contributed by atoms with Gasteiger partial charge in [0.2, 0.25) is 0 Å². The molecule has 0 spiro atoms. The molecule has 0 aromatic heterocycles. The van der Waals surface area contributed by atoms with Crippen molar-refractivity contribution in [3.8, 4) is 0 Å². The number of allylic oxidation sites excluding steroid dienone is 4. The quantitative estimate of drug-likeness (QED) is 0.267. The summed E-state index contributed by atoms with van der Waals surface area (Å²) in [6.45, 7) is 14.1. The molecule has 0 aliphatic heterocycles. The van der Waals surface area contributed by atoms with Crippen LogP contribution in [0.1, 0.15) is 98.3 Å². The van der Waals surface area contributed by atoms with Crippen LogP contribution in [-0.2, 0) is 10.4 Å². The molecular weight excluding hydrogens is 476 g/mol. The second-order valence-electron chi connectivity index (χ2n) is 11.2. The molecule has 0 amide bonds. The molecule has 0 saturated heterocycles. The van der Waals surface area contributed by atoms with Gasteiger partial charge in [-0.1, -0.05) is 76.8 Å². The maximum atomic E-state index is 10.0. The summed E-state index contributed by atoms with van der Waals surface area (Å²) in [6, 6.07) is 0. The van der Waals surface area contributed by atoms with Crippen LogP contribution in [0.25, 0.3) is 0 Å². The third kappa shape index (κ3) is 9.99. The average molecular weight is 521 g/mol. The fourth-order valence-electron chi connectivity index (χ4n) is 6.66. The number of aliphatic hydroxyl groups excluding tert-OH is 1. The van der Waals surface area contributed by atoms with E-state index in [9.17, 15) is 5.11 Å². The van der Waals surface area contributed by atoms with Crippen LogP contribution < -0.4 is 0 Å². The first kappa shape index (κ1) is 32.3. The molecule has 5 nitrogen and oxygen atoms in total. The Morgan fingerprint density at radius 2 is 1.76 bits per heavy atom. The Kier molecular flexibility index (Phi) is 13.6. The van der Waals surface area contributed by atoms with Gasteiger partial charge in [-0.05, 0) is 86.0 Å². The van der Waals surface area contributed by atoms with Gasteiger partial charge in [-0.2, -0.15) is 0 Å². The topological polar surface area (TPSA) is 100 Å². The standard InChI is InChI=1S/C27H44O.Ca.H2O4S/c1-19(2)8-6-9-21(4)25-15-16-26-22(10-7-17-27(25,26)5)12-13-23-18-24(28)14-11-20(23)3;;1-5(2,3)4/h12-13,19,21,24-26,28H,3,6-11,14-18H2,1-2,4-5H3;;(H2,1,2,3,4)/q;+2;/p-2/b22-12+,23-13+;;/t21?,24-,25+,26-,27+;;/m0../s1. The van der Waals surface area contributed by atoms with Gasteiger partial charge in [-0.3, -0.25) is 8.42 Å². The third-order valence-electron chi connectivity index (χ3n) is 8.35. The molecule has 3 aliphatic carbocycles. The van der Waals surface area contributed by atoms with Gasteiger partial charge in [0.1, 0.15) is 0 Å². The molecule has 0 aromatic rings. The van der Waals surface area contributed by atoms with Crippen molar-refractivity contribution in [1.82, 2.24) is 0 Å². The first-order valence-electron chi connectivity index (χ1n) is 12.7. The SMILES string of the molecule is C=C1CC[C@H](O)C/C1=C\C=C1/CCC[C@]2(C)[C@@H](C(C)CCCC(C)C)CC[C@@H]12.O=S(=O)([O-])[O-].[Ca+2]. The van der Waals surface area contributed by atoms with E-state index in [-0.39, 0.29) is 43.8 Å². The Labute approximate surface area is 238 Å². The van der Waals surface area contributed by atoms with E-state index in [2.05, 4.69) is 46.4 Å². The normalized spacial score (nSPS) is 32.7. The van der Waals surface area contributed by atoms with Crippen molar-refractivity contribution < 1.29 is 22.6 Å². The molecule has 3 saturated carbocycles. The maximum absolute atomic E-state index is 10.0. The zero-order valence-electron chi connectivity index (χ0n) is 21.7. The Morgan fingerprint density at radius 1 is 1.12 bits per heavy atom. The molecular formula is C27H44CaO5S. The van der Waals surface area contributed by atoms with Crippen LogP contribution in [0.2, 0.25) is 0 Å². The average Bonchev–Trinajstić information content (AvgIpc) is 3.04. The molecule has 0 bridgehead atoms.